The number of halogens is 1. The summed E-state index contributed by atoms with van der Waals surface area (Å²) >= 11 is 6.07. The summed E-state index contributed by atoms with van der Waals surface area (Å²) in [5, 5.41) is 0.632. The summed E-state index contributed by atoms with van der Waals surface area (Å²) in [6.07, 6.45) is 1.76. The highest BCUT2D eigenvalue weighted by atomic mass is 35.5. The van der Waals surface area contributed by atoms with Gasteiger partial charge in [0.05, 0.1) is 5.69 Å². The first-order valence-corrected chi connectivity index (χ1v) is 6.11. The van der Waals surface area contributed by atoms with E-state index in [1.807, 2.05) is 37.3 Å². The second kappa shape index (κ2) is 5.85. The first-order chi connectivity index (χ1) is 8.72. The molecular weight excluding hydrogens is 248 g/mol. The van der Waals surface area contributed by atoms with Crippen molar-refractivity contribution in [3.05, 3.63) is 58.4 Å². The maximum Gasteiger partial charge on any atom is 0.130 e. The molecule has 0 atom stereocenters. The van der Waals surface area contributed by atoms with Gasteiger partial charge in [-0.05, 0) is 30.7 Å². The molecule has 0 aliphatic heterocycles. The van der Waals surface area contributed by atoms with E-state index in [0.29, 0.717) is 18.2 Å². The largest absolute Gasteiger partial charge is 0.487 e. The Labute approximate surface area is 112 Å². The maximum absolute atomic E-state index is 6.07. The lowest BCUT2D eigenvalue weighted by atomic mass is 10.2. The molecule has 1 aromatic carbocycles. The van der Waals surface area contributed by atoms with Gasteiger partial charge >= 0.3 is 0 Å². The van der Waals surface area contributed by atoms with Gasteiger partial charge in [0, 0.05) is 23.3 Å². The van der Waals surface area contributed by atoms with Gasteiger partial charge in [0.1, 0.15) is 12.4 Å². The van der Waals surface area contributed by atoms with E-state index in [-0.39, 0.29) is 0 Å². The molecule has 0 bridgehead atoms. The number of hydrogen-bond donors (Lipinski definition) is 1. The monoisotopic (exact) mass is 262 g/mol. The van der Waals surface area contributed by atoms with Crippen molar-refractivity contribution in [2.24, 2.45) is 5.73 Å². The van der Waals surface area contributed by atoms with Crippen molar-refractivity contribution in [3.8, 4) is 5.75 Å². The number of aryl methyl sites for hydroxylation is 1. The Bertz CT molecular complexity index is 543. The Hall–Kier alpha value is -1.58. The molecule has 1 aromatic heterocycles. The molecule has 2 aromatic rings. The molecule has 0 aliphatic carbocycles. The summed E-state index contributed by atoms with van der Waals surface area (Å²) in [5.74, 6) is 0.718. The molecule has 0 aliphatic rings. The van der Waals surface area contributed by atoms with Crippen molar-refractivity contribution in [2.45, 2.75) is 20.1 Å². The lowest BCUT2D eigenvalue weighted by Gasteiger charge is -2.12. The third-order valence-corrected chi connectivity index (χ3v) is 3.12. The number of rotatable bonds is 4. The number of hydrogen-bond acceptors (Lipinski definition) is 3. The van der Waals surface area contributed by atoms with Gasteiger partial charge in [-0.1, -0.05) is 23.7 Å². The fourth-order valence-corrected chi connectivity index (χ4v) is 1.93. The zero-order chi connectivity index (χ0) is 13.0. The minimum atomic E-state index is 0.357. The first kappa shape index (κ1) is 12.9. The third-order valence-electron chi connectivity index (χ3n) is 2.76. The number of benzene rings is 1. The second-order valence-corrected chi connectivity index (χ2v) is 4.38. The Balaban J connectivity index is 2.16. The van der Waals surface area contributed by atoms with Crippen molar-refractivity contribution < 1.29 is 4.74 Å². The van der Waals surface area contributed by atoms with Gasteiger partial charge in [0.2, 0.25) is 0 Å². The molecular formula is C14H15ClN2O. The molecule has 0 radical (unpaired) electrons. The Kier molecular flexibility index (Phi) is 4.18. The molecule has 0 amide bonds. The van der Waals surface area contributed by atoms with Crippen LogP contribution in [0.25, 0.3) is 0 Å². The van der Waals surface area contributed by atoms with E-state index in [4.69, 9.17) is 22.1 Å². The summed E-state index contributed by atoms with van der Waals surface area (Å²) in [6, 6.07) is 9.44. The second-order valence-electron chi connectivity index (χ2n) is 3.98. The van der Waals surface area contributed by atoms with E-state index >= 15 is 0 Å². The van der Waals surface area contributed by atoms with Crippen LogP contribution in [0.15, 0.2) is 36.5 Å². The maximum atomic E-state index is 6.07. The fourth-order valence-electron chi connectivity index (χ4n) is 1.69. The zero-order valence-electron chi connectivity index (χ0n) is 10.2. The molecule has 0 saturated heterocycles. The topological polar surface area (TPSA) is 48.1 Å². The van der Waals surface area contributed by atoms with E-state index in [1.54, 1.807) is 6.20 Å². The molecule has 3 nitrogen and oxygen atoms in total. The number of ether oxygens (including phenoxy) is 1. The van der Waals surface area contributed by atoms with Crippen LogP contribution in [0, 0.1) is 6.92 Å². The predicted octanol–water partition coefficient (Wildman–Crippen LogP) is 3.08. The number of nitrogens with zero attached hydrogens (tertiary/aromatic N) is 1. The van der Waals surface area contributed by atoms with E-state index in [1.165, 1.54) is 0 Å². The molecule has 1 heterocycles. The average molecular weight is 263 g/mol. The molecule has 94 valence electrons. The molecule has 0 saturated carbocycles. The van der Waals surface area contributed by atoms with E-state index < -0.39 is 0 Å². The van der Waals surface area contributed by atoms with Crippen LogP contribution >= 0.6 is 11.6 Å². The van der Waals surface area contributed by atoms with Crippen LogP contribution < -0.4 is 10.5 Å². The molecule has 2 rings (SSSR count). The molecule has 4 heteroatoms. The van der Waals surface area contributed by atoms with Gasteiger partial charge in [0.15, 0.2) is 0 Å². The van der Waals surface area contributed by atoms with Gasteiger partial charge in [0.25, 0.3) is 0 Å². The highest BCUT2D eigenvalue weighted by Crippen LogP contribution is 2.26. The van der Waals surface area contributed by atoms with Gasteiger partial charge in [-0.25, -0.2) is 0 Å². The van der Waals surface area contributed by atoms with Crippen LogP contribution in [0.1, 0.15) is 16.8 Å². The normalized spacial score (nSPS) is 10.4. The molecule has 18 heavy (non-hydrogen) atoms. The molecule has 2 N–H and O–H groups in total. The quantitative estimate of drug-likeness (QED) is 0.921. The third kappa shape index (κ3) is 2.81. The van der Waals surface area contributed by atoms with Crippen molar-refractivity contribution in [1.29, 1.82) is 0 Å². The number of pyridine rings is 1. The van der Waals surface area contributed by atoms with Crippen molar-refractivity contribution in [3.63, 3.8) is 0 Å². The highest BCUT2D eigenvalue weighted by molar-refractivity contribution is 6.31. The average Bonchev–Trinajstić information content (AvgIpc) is 2.38. The van der Waals surface area contributed by atoms with Crippen LogP contribution in [-0.4, -0.2) is 4.98 Å². The van der Waals surface area contributed by atoms with E-state index in [2.05, 4.69) is 4.98 Å². The molecule has 0 fully saturated rings. The van der Waals surface area contributed by atoms with E-state index in [0.717, 1.165) is 22.6 Å². The van der Waals surface area contributed by atoms with Crippen molar-refractivity contribution >= 4 is 11.6 Å². The Morgan fingerprint density at radius 3 is 2.83 bits per heavy atom. The lowest BCUT2D eigenvalue weighted by molar-refractivity contribution is 0.297. The summed E-state index contributed by atoms with van der Waals surface area (Å²) in [7, 11) is 0. The van der Waals surface area contributed by atoms with Gasteiger partial charge in [-0.15, -0.1) is 0 Å². The molecule has 0 spiro atoms. The predicted molar refractivity (Wildman–Crippen MR) is 72.6 cm³/mol. The molecule has 0 unspecified atom stereocenters. The smallest absolute Gasteiger partial charge is 0.130 e. The zero-order valence-corrected chi connectivity index (χ0v) is 10.9. The fraction of sp³-hybridized carbons (Fsp3) is 0.214. The summed E-state index contributed by atoms with van der Waals surface area (Å²) < 4.78 is 5.75. The number of nitrogens with two attached hydrogens (primary N) is 1. The van der Waals surface area contributed by atoms with Crippen LogP contribution in [0.2, 0.25) is 5.02 Å². The van der Waals surface area contributed by atoms with Gasteiger partial charge in [-0.3, -0.25) is 4.98 Å². The van der Waals surface area contributed by atoms with Crippen molar-refractivity contribution in [1.82, 2.24) is 4.98 Å². The summed E-state index contributed by atoms with van der Waals surface area (Å²) in [5.41, 5.74) is 8.52. The van der Waals surface area contributed by atoms with Crippen LogP contribution in [0.5, 0.6) is 5.75 Å². The first-order valence-electron chi connectivity index (χ1n) is 5.73. The Morgan fingerprint density at radius 2 is 2.11 bits per heavy atom. The van der Waals surface area contributed by atoms with Crippen LogP contribution in [-0.2, 0) is 13.2 Å². The summed E-state index contributed by atoms with van der Waals surface area (Å²) in [6.45, 7) is 2.78. The standard InChI is InChI=1S/C14H15ClN2O/c1-10-4-3-7-17-13(10)9-18-14-6-2-5-12(15)11(14)8-16/h2-7H,8-9,16H2,1H3. The minimum Gasteiger partial charge on any atom is -0.487 e. The van der Waals surface area contributed by atoms with Crippen LogP contribution in [0.3, 0.4) is 0 Å². The van der Waals surface area contributed by atoms with Crippen molar-refractivity contribution in [2.75, 3.05) is 0 Å². The number of aromatic nitrogens is 1. The Morgan fingerprint density at radius 1 is 1.28 bits per heavy atom. The minimum absolute atomic E-state index is 0.357. The van der Waals surface area contributed by atoms with Gasteiger partial charge < -0.3 is 10.5 Å². The van der Waals surface area contributed by atoms with Gasteiger partial charge in [-0.2, -0.15) is 0 Å². The summed E-state index contributed by atoms with van der Waals surface area (Å²) in [4.78, 5) is 4.28. The SMILES string of the molecule is Cc1cccnc1COc1cccc(Cl)c1CN. The lowest BCUT2D eigenvalue weighted by Crippen LogP contribution is -2.05. The van der Waals surface area contributed by atoms with E-state index in [9.17, 15) is 0 Å². The highest BCUT2D eigenvalue weighted by Gasteiger charge is 2.07. The van der Waals surface area contributed by atoms with Crippen LogP contribution in [0.4, 0.5) is 0 Å².